The van der Waals surface area contributed by atoms with Crippen LogP contribution in [0.5, 0.6) is 5.88 Å². The van der Waals surface area contributed by atoms with Crippen molar-refractivity contribution in [2.24, 2.45) is 0 Å². The zero-order valence-corrected chi connectivity index (χ0v) is 14.8. The summed E-state index contributed by atoms with van der Waals surface area (Å²) in [5.74, 6) is -0.912. The average molecular weight is 353 g/mol. The second-order valence-corrected chi connectivity index (χ2v) is 6.34. The van der Waals surface area contributed by atoms with E-state index in [1.165, 1.54) is 0 Å². The third-order valence-electron chi connectivity index (χ3n) is 4.54. The van der Waals surface area contributed by atoms with Crippen LogP contribution in [0.4, 0.5) is 0 Å². The summed E-state index contributed by atoms with van der Waals surface area (Å²) in [4.78, 5) is 11.4. The zero-order chi connectivity index (χ0) is 18.5. The number of ether oxygens (including phenoxy) is 1. The van der Waals surface area contributed by atoms with Crippen LogP contribution in [-0.2, 0) is 28.9 Å². The normalized spacial score (nSPS) is 11.1. The van der Waals surface area contributed by atoms with Gasteiger partial charge in [0.05, 0.1) is 11.9 Å². The quantitative estimate of drug-likeness (QED) is 0.607. The van der Waals surface area contributed by atoms with Crippen LogP contribution >= 0.6 is 0 Å². The van der Waals surface area contributed by atoms with E-state index < -0.39 is 5.97 Å². The van der Waals surface area contributed by atoms with Gasteiger partial charge in [0.25, 0.3) is 0 Å². The fourth-order valence-electron chi connectivity index (χ4n) is 3.42. The largest absolute Gasteiger partial charge is 0.494 e. The topological polar surface area (TPSA) is 71.7 Å². The minimum Gasteiger partial charge on any atom is -0.494 e. The van der Waals surface area contributed by atoms with Gasteiger partial charge in [0.2, 0.25) is 0 Å². The first-order valence-corrected chi connectivity index (χ1v) is 8.68. The summed E-state index contributed by atoms with van der Waals surface area (Å²) in [5, 5.41) is 20.9. The summed E-state index contributed by atoms with van der Waals surface area (Å²) >= 11 is 0. The van der Waals surface area contributed by atoms with E-state index in [4.69, 9.17) is 4.74 Å². The minimum atomic E-state index is -0.953. The molecule has 3 rings (SSSR count). The highest BCUT2D eigenvalue weighted by Crippen LogP contribution is 2.35. The second-order valence-electron chi connectivity index (χ2n) is 6.34. The van der Waals surface area contributed by atoms with Crippen LogP contribution < -0.4 is 0 Å². The maximum absolute atomic E-state index is 11.4. The number of hydrogen-bond acceptors (Lipinski definition) is 3. The molecule has 3 aromatic rings. The Bertz CT molecular complexity index is 899. The molecule has 0 saturated heterocycles. The first-order chi connectivity index (χ1) is 12.6. The number of rotatable bonds is 8. The summed E-state index contributed by atoms with van der Waals surface area (Å²) in [5.41, 5.74) is 3.51. The summed E-state index contributed by atoms with van der Waals surface area (Å²) < 4.78 is 6.89. The van der Waals surface area contributed by atoms with Gasteiger partial charge in [-0.2, -0.15) is 0 Å². The summed E-state index contributed by atoms with van der Waals surface area (Å²) in [6.07, 6.45) is 1.22. The Morgan fingerprint density at radius 2 is 1.88 bits per heavy atom. The predicted molar refractivity (Wildman–Crippen MR) is 101 cm³/mol. The Morgan fingerprint density at radius 1 is 1.12 bits per heavy atom. The van der Waals surface area contributed by atoms with E-state index in [0.717, 1.165) is 28.5 Å². The minimum absolute atomic E-state index is 0.0408. The molecule has 0 spiro atoms. The van der Waals surface area contributed by atoms with E-state index in [2.05, 4.69) is 0 Å². The number of carboxylic acid groups (broad SMARTS) is 1. The molecular formula is C21H23NO4. The third-order valence-corrected chi connectivity index (χ3v) is 4.54. The smallest absolute Gasteiger partial charge is 0.308 e. The van der Waals surface area contributed by atoms with Gasteiger partial charge in [-0.05, 0) is 30.0 Å². The van der Waals surface area contributed by atoms with Crippen molar-refractivity contribution in [2.75, 3.05) is 13.7 Å². The fourth-order valence-corrected chi connectivity index (χ4v) is 3.42. The summed E-state index contributed by atoms with van der Waals surface area (Å²) in [6.45, 7) is 1.15. The van der Waals surface area contributed by atoms with E-state index in [1.54, 1.807) is 11.7 Å². The van der Waals surface area contributed by atoms with E-state index in [0.29, 0.717) is 25.1 Å². The van der Waals surface area contributed by atoms with Crippen LogP contribution in [0.1, 0.15) is 23.1 Å². The number of aryl methyl sites for hydroxylation is 1. The molecule has 0 unspecified atom stereocenters. The molecule has 26 heavy (non-hydrogen) atoms. The molecular weight excluding hydrogens is 330 g/mol. The van der Waals surface area contributed by atoms with Gasteiger partial charge in [-0.1, -0.05) is 42.5 Å². The average Bonchev–Trinajstić information content (AvgIpc) is 2.89. The highest BCUT2D eigenvalue weighted by Gasteiger charge is 2.21. The molecule has 2 N–H and O–H groups in total. The molecule has 2 aromatic carbocycles. The Hall–Kier alpha value is -2.79. The lowest BCUT2D eigenvalue weighted by Crippen LogP contribution is -2.02. The highest BCUT2D eigenvalue weighted by atomic mass is 16.5. The molecule has 0 atom stereocenters. The lowest BCUT2D eigenvalue weighted by Gasteiger charge is -2.08. The van der Waals surface area contributed by atoms with Gasteiger partial charge in [-0.15, -0.1) is 0 Å². The molecule has 1 aromatic heterocycles. The van der Waals surface area contributed by atoms with Crippen molar-refractivity contribution in [1.82, 2.24) is 4.57 Å². The molecule has 0 radical (unpaired) electrons. The third kappa shape index (κ3) is 3.73. The van der Waals surface area contributed by atoms with Crippen molar-refractivity contribution in [2.45, 2.75) is 25.8 Å². The van der Waals surface area contributed by atoms with Gasteiger partial charge in [-0.25, -0.2) is 0 Å². The number of nitrogens with zero attached hydrogens (tertiary/aromatic N) is 1. The van der Waals surface area contributed by atoms with Gasteiger partial charge in [0.1, 0.15) is 0 Å². The molecule has 0 saturated carbocycles. The Morgan fingerprint density at radius 3 is 2.58 bits per heavy atom. The number of aromatic nitrogens is 1. The molecule has 0 amide bonds. The van der Waals surface area contributed by atoms with E-state index >= 15 is 0 Å². The van der Waals surface area contributed by atoms with Crippen molar-refractivity contribution in [3.63, 3.8) is 0 Å². The standard InChI is InChI=1S/C21H23NO4/c1-26-12-6-11-22-18-10-5-9-16(13-15-7-3-2-4-8-15)20(18)17(21(22)25)14-19(23)24/h2-5,7-10,25H,6,11-14H2,1H3,(H,23,24). The number of carbonyl (C=O) groups is 1. The fraction of sp³-hybridized carbons (Fsp3) is 0.286. The van der Waals surface area contributed by atoms with Crippen LogP contribution in [0.15, 0.2) is 48.5 Å². The molecule has 0 bridgehead atoms. The van der Waals surface area contributed by atoms with Crippen molar-refractivity contribution < 1.29 is 19.7 Å². The van der Waals surface area contributed by atoms with Crippen molar-refractivity contribution in [3.05, 3.63) is 65.2 Å². The van der Waals surface area contributed by atoms with Gasteiger partial charge in [0, 0.05) is 31.2 Å². The van der Waals surface area contributed by atoms with Crippen molar-refractivity contribution >= 4 is 16.9 Å². The lowest BCUT2D eigenvalue weighted by atomic mass is 9.98. The summed E-state index contributed by atoms with van der Waals surface area (Å²) in [7, 11) is 1.64. The SMILES string of the molecule is COCCCn1c(O)c(CC(=O)O)c2c(Cc3ccccc3)cccc21. The van der Waals surface area contributed by atoms with Gasteiger partial charge < -0.3 is 19.5 Å². The van der Waals surface area contributed by atoms with Crippen molar-refractivity contribution in [3.8, 4) is 5.88 Å². The maximum Gasteiger partial charge on any atom is 0.308 e. The van der Waals surface area contributed by atoms with Crippen LogP contribution in [0.3, 0.4) is 0 Å². The van der Waals surface area contributed by atoms with Crippen LogP contribution in [-0.4, -0.2) is 34.5 Å². The van der Waals surface area contributed by atoms with Gasteiger partial charge >= 0.3 is 5.97 Å². The molecule has 0 aliphatic carbocycles. The molecule has 0 aliphatic heterocycles. The Labute approximate surface area is 152 Å². The molecule has 136 valence electrons. The number of methoxy groups -OCH3 is 1. The number of hydrogen-bond donors (Lipinski definition) is 2. The van der Waals surface area contributed by atoms with E-state index in [9.17, 15) is 15.0 Å². The van der Waals surface area contributed by atoms with Crippen LogP contribution in [0.2, 0.25) is 0 Å². The number of fused-ring (bicyclic) bond motifs is 1. The highest BCUT2D eigenvalue weighted by molar-refractivity contribution is 5.93. The first-order valence-electron chi connectivity index (χ1n) is 8.68. The Kier molecular flexibility index (Phi) is 5.58. The van der Waals surface area contributed by atoms with Gasteiger partial charge in [-0.3, -0.25) is 4.79 Å². The molecule has 0 aliphatic rings. The zero-order valence-electron chi connectivity index (χ0n) is 14.8. The first kappa shape index (κ1) is 18.0. The van der Waals surface area contributed by atoms with Crippen LogP contribution in [0.25, 0.3) is 10.9 Å². The van der Waals surface area contributed by atoms with Gasteiger partial charge in [0.15, 0.2) is 5.88 Å². The Balaban J connectivity index is 2.10. The molecule has 5 heteroatoms. The number of aromatic hydroxyl groups is 1. The van der Waals surface area contributed by atoms with E-state index in [1.807, 2.05) is 48.5 Å². The maximum atomic E-state index is 11.4. The monoisotopic (exact) mass is 353 g/mol. The number of benzene rings is 2. The molecule has 0 fully saturated rings. The van der Waals surface area contributed by atoms with Crippen LogP contribution in [0, 0.1) is 0 Å². The molecule has 1 heterocycles. The number of carboxylic acids is 1. The lowest BCUT2D eigenvalue weighted by molar-refractivity contribution is -0.136. The molecule has 5 nitrogen and oxygen atoms in total. The second kappa shape index (κ2) is 8.06. The van der Waals surface area contributed by atoms with E-state index in [-0.39, 0.29) is 12.3 Å². The summed E-state index contributed by atoms with van der Waals surface area (Å²) in [6, 6.07) is 15.9. The van der Waals surface area contributed by atoms with Crippen molar-refractivity contribution in [1.29, 1.82) is 0 Å². The predicted octanol–water partition coefficient (Wildman–Crippen LogP) is 3.60. The number of aliphatic carboxylic acids is 1.